The molecule has 0 aromatic carbocycles. The number of carbonyl (C=O) groups excluding carboxylic acids is 3. The van der Waals surface area contributed by atoms with E-state index in [0.717, 1.165) is 44.9 Å². The Morgan fingerprint density at radius 1 is 1.09 bits per heavy atom. The summed E-state index contributed by atoms with van der Waals surface area (Å²) >= 11 is 0. The van der Waals surface area contributed by atoms with Crippen LogP contribution in [0.2, 0.25) is 0 Å². The molecule has 1 atom stereocenters. The van der Waals surface area contributed by atoms with E-state index >= 15 is 0 Å². The molecule has 1 aromatic rings. The average molecular weight is 461 g/mol. The molecule has 1 aliphatic carbocycles. The fourth-order valence-electron chi connectivity index (χ4n) is 4.68. The number of aryl methyl sites for hydroxylation is 1. The van der Waals surface area contributed by atoms with E-state index < -0.39 is 23.5 Å². The first-order valence-corrected chi connectivity index (χ1v) is 11.8. The van der Waals surface area contributed by atoms with Gasteiger partial charge in [0.15, 0.2) is 0 Å². The summed E-state index contributed by atoms with van der Waals surface area (Å²) in [4.78, 5) is 43.7. The van der Waals surface area contributed by atoms with Crippen LogP contribution < -0.4 is 10.6 Å². The molecule has 1 saturated heterocycles. The van der Waals surface area contributed by atoms with Crippen molar-refractivity contribution < 1.29 is 24.2 Å². The first-order valence-electron chi connectivity index (χ1n) is 11.8. The van der Waals surface area contributed by atoms with Gasteiger partial charge in [0.05, 0.1) is 18.0 Å². The fourth-order valence-corrected chi connectivity index (χ4v) is 4.68. The van der Waals surface area contributed by atoms with Crippen LogP contribution in [0.1, 0.15) is 71.3 Å². The zero-order valence-electron chi connectivity index (χ0n) is 20.0. The number of aromatic nitrogens is 1. The Morgan fingerprint density at radius 2 is 1.79 bits per heavy atom. The quantitative estimate of drug-likeness (QED) is 0.593. The van der Waals surface area contributed by atoms with Gasteiger partial charge < -0.3 is 20.1 Å². The third-order valence-electron chi connectivity index (χ3n) is 6.25. The number of ether oxygens (including phenoxy) is 1. The second kappa shape index (κ2) is 10.5. The Kier molecular flexibility index (Phi) is 7.94. The van der Waals surface area contributed by atoms with Gasteiger partial charge in [-0.2, -0.15) is 0 Å². The van der Waals surface area contributed by atoms with Gasteiger partial charge >= 0.3 is 17.9 Å². The minimum absolute atomic E-state index is 0.0461. The third-order valence-corrected chi connectivity index (χ3v) is 6.25. The number of rotatable bonds is 3. The number of aliphatic hydroxyl groups excluding tert-OH is 1. The Hall–Kier alpha value is -2.68. The molecule has 2 fully saturated rings. The van der Waals surface area contributed by atoms with E-state index in [0.29, 0.717) is 29.5 Å². The number of amides is 3. The number of pyridine rings is 1. The normalized spacial score (nSPS) is 23.5. The predicted octanol–water partition coefficient (Wildman–Crippen LogP) is 3.61. The van der Waals surface area contributed by atoms with E-state index in [9.17, 15) is 19.5 Å². The van der Waals surface area contributed by atoms with E-state index in [1.165, 1.54) is 6.20 Å². The lowest BCUT2D eigenvalue weighted by Gasteiger charge is -2.42. The topological polar surface area (TPSA) is 121 Å². The number of hydrogen-bond acceptors (Lipinski definition) is 6. The molecular weight excluding hydrogens is 424 g/mol. The molecule has 3 N–H and O–H groups in total. The molecule has 2 aliphatic rings. The standard InChI is InChI=1S/C24H36N4O5/c1-15-13-17(14-25-20(15)27-23(32)33-24(2,3)4)26-21(30)22(31)28-12-6-5-7-19(28)16-8-10-18(29)11-9-16/h13-14,16,18-19,29H,5-12H2,1-4H3,(H,26,30)(H,25,27,32)/t16?,18?,19-/m0/s1. The molecule has 0 spiro atoms. The van der Waals surface area contributed by atoms with Crippen LogP contribution in [0, 0.1) is 12.8 Å². The first-order chi connectivity index (χ1) is 15.5. The molecule has 3 rings (SSSR count). The van der Waals surface area contributed by atoms with E-state index in [-0.39, 0.29) is 12.1 Å². The molecule has 9 heteroatoms. The van der Waals surface area contributed by atoms with Crippen LogP contribution in [0.25, 0.3) is 0 Å². The lowest BCUT2D eigenvalue weighted by atomic mass is 9.79. The summed E-state index contributed by atoms with van der Waals surface area (Å²) < 4.78 is 5.23. The number of hydrogen-bond donors (Lipinski definition) is 3. The summed E-state index contributed by atoms with van der Waals surface area (Å²) in [5, 5.41) is 15.1. The maximum absolute atomic E-state index is 13.0. The highest BCUT2D eigenvalue weighted by molar-refractivity contribution is 6.39. The van der Waals surface area contributed by atoms with Crippen LogP contribution in [-0.2, 0) is 14.3 Å². The minimum atomic E-state index is -0.688. The largest absolute Gasteiger partial charge is 0.444 e. The lowest BCUT2D eigenvalue weighted by molar-refractivity contribution is -0.147. The molecular formula is C24H36N4O5. The van der Waals surface area contributed by atoms with Crippen LogP contribution in [-0.4, -0.2) is 57.2 Å². The van der Waals surface area contributed by atoms with Crippen LogP contribution in [0.5, 0.6) is 0 Å². The lowest BCUT2D eigenvalue weighted by Crippen LogP contribution is -2.52. The highest BCUT2D eigenvalue weighted by Crippen LogP contribution is 2.34. The molecule has 33 heavy (non-hydrogen) atoms. The van der Waals surface area contributed by atoms with Gasteiger partial charge in [0.2, 0.25) is 0 Å². The van der Waals surface area contributed by atoms with Gasteiger partial charge in [0.25, 0.3) is 0 Å². The number of carbonyl (C=O) groups is 3. The van der Waals surface area contributed by atoms with Gasteiger partial charge in [-0.25, -0.2) is 9.78 Å². The van der Waals surface area contributed by atoms with E-state index in [2.05, 4.69) is 15.6 Å². The van der Waals surface area contributed by atoms with Gasteiger partial charge in [-0.15, -0.1) is 0 Å². The molecule has 1 aromatic heterocycles. The van der Waals surface area contributed by atoms with Crippen molar-refractivity contribution in [1.82, 2.24) is 9.88 Å². The van der Waals surface area contributed by atoms with Crippen LogP contribution in [0.4, 0.5) is 16.3 Å². The van der Waals surface area contributed by atoms with Crippen molar-refractivity contribution in [3.8, 4) is 0 Å². The number of nitrogens with zero attached hydrogens (tertiary/aromatic N) is 2. The van der Waals surface area contributed by atoms with Crippen molar-refractivity contribution in [2.75, 3.05) is 17.2 Å². The van der Waals surface area contributed by atoms with Crippen molar-refractivity contribution in [3.63, 3.8) is 0 Å². The SMILES string of the molecule is Cc1cc(NC(=O)C(=O)N2CCCC[C@H]2C2CCC(O)CC2)cnc1NC(=O)OC(C)(C)C. The van der Waals surface area contributed by atoms with Crippen molar-refractivity contribution in [1.29, 1.82) is 0 Å². The Morgan fingerprint density at radius 3 is 2.42 bits per heavy atom. The van der Waals surface area contributed by atoms with Crippen molar-refractivity contribution in [2.45, 2.75) is 90.4 Å². The first kappa shape index (κ1) is 25.0. The molecule has 9 nitrogen and oxygen atoms in total. The minimum Gasteiger partial charge on any atom is -0.444 e. The average Bonchev–Trinajstić information content (AvgIpc) is 2.74. The molecule has 3 amide bonds. The molecule has 1 saturated carbocycles. The predicted molar refractivity (Wildman–Crippen MR) is 125 cm³/mol. The Balaban J connectivity index is 1.62. The molecule has 0 bridgehead atoms. The third kappa shape index (κ3) is 6.90. The second-order valence-electron chi connectivity index (χ2n) is 10.1. The smallest absolute Gasteiger partial charge is 0.413 e. The van der Waals surface area contributed by atoms with Crippen molar-refractivity contribution >= 4 is 29.4 Å². The molecule has 1 aliphatic heterocycles. The number of aliphatic hydroxyl groups is 1. The summed E-state index contributed by atoms with van der Waals surface area (Å²) in [7, 11) is 0. The molecule has 2 heterocycles. The molecule has 0 radical (unpaired) electrons. The summed E-state index contributed by atoms with van der Waals surface area (Å²) in [5.74, 6) is -0.567. The van der Waals surface area contributed by atoms with Crippen molar-refractivity contribution in [2.24, 2.45) is 5.92 Å². The van der Waals surface area contributed by atoms with E-state index in [4.69, 9.17) is 4.74 Å². The van der Waals surface area contributed by atoms with Crippen molar-refractivity contribution in [3.05, 3.63) is 17.8 Å². The number of nitrogens with one attached hydrogen (secondary N) is 2. The monoisotopic (exact) mass is 460 g/mol. The van der Waals surface area contributed by atoms with Gasteiger partial charge in [-0.1, -0.05) is 0 Å². The van der Waals surface area contributed by atoms with Gasteiger partial charge in [-0.05, 0) is 90.2 Å². The number of likely N-dealkylation sites (tertiary alicyclic amines) is 1. The maximum atomic E-state index is 13.0. The van der Waals surface area contributed by atoms with Gasteiger partial charge in [0, 0.05) is 12.6 Å². The zero-order valence-corrected chi connectivity index (χ0v) is 20.0. The maximum Gasteiger partial charge on any atom is 0.413 e. The molecule has 182 valence electrons. The Labute approximate surface area is 195 Å². The van der Waals surface area contributed by atoms with Crippen LogP contribution in [0.15, 0.2) is 12.3 Å². The summed E-state index contributed by atoms with van der Waals surface area (Å²) in [5.41, 5.74) is 0.383. The second-order valence-corrected chi connectivity index (χ2v) is 10.1. The van der Waals surface area contributed by atoms with Crippen LogP contribution >= 0.6 is 0 Å². The zero-order chi connectivity index (χ0) is 24.2. The van der Waals surface area contributed by atoms with E-state index in [1.54, 1.807) is 38.7 Å². The van der Waals surface area contributed by atoms with Gasteiger partial charge in [-0.3, -0.25) is 14.9 Å². The highest BCUT2D eigenvalue weighted by atomic mass is 16.6. The number of piperidine rings is 1. The number of anilines is 2. The molecule has 0 unspecified atom stereocenters. The van der Waals surface area contributed by atoms with Crippen LogP contribution in [0.3, 0.4) is 0 Å². The fraction of sp³-hybridized carbons (Fsp3) is 0.667. The summed E-state index contributed by atoms with van der Waals surface area (Å²) in [6.45, 7) is 7.63. The Bertz CT molecular complexity index is 874. The van der Waals surface area contributed by atoms with E-state index in [1.807, 2.05) is 0 Å². The van der Waals surface area contributed by atoms with Gasteiger partial charge in [0.1, 0.15) is 11.4 Å². The summed E-state index contributed by atoms with van der Waals surface area (Å²) in [6, 6.07) is 1.70. The summed E-state index contributed by atoms with van der Waals surface area (Å²) in [6.07, 6.45) is 6.64. The highest BCUT2D eigenvalue weighted by Gasteiger charge is 2.37.